The number of rotatable bonds is 3. The number of nitrogens with zero attached hydrogens (tertiary/aromatic N) is 2. The molecule has 0 spiro atoms. The molecule has 66 valence electrons. The van der Waals surface area contributed by atoms with Crippen molar-refractivity contribution >= 4 is 17.7 Å². The molecule has 0 saturated heterocycles. The first kappa shape index (κ1) is 9.12. The van der Waals surface area contributed by atoms with Gasteiger partial charge in [0.25, 0.3) is 0 Å². The quantitative estimate of drug-likeness (QED) is 0.715. The van der Waals surface area contributed by atoms with E-state index in [-0.39, 0.29) is 0 Å². The zero-order valence-electron chi connectivity index (χ0n) is 6.89. The van der Waals surface area contributed by atoms with Gasteiger partial charge >= 0.3 is 5.97 Å². The molecule has 1 heterocycles. The first-order valence-electron chi connectivity index (χ1n) is 3.48. The monoisotopic (exact) mass is 186 g/mol. The molecule has 0 aromatic carbocycles. The Kier molecular flexibility index (Phi) is 2.75. The van der Waals surface area contributed by atoms with Gasteiger partial charge in [0.2, 0.25) is 0 Å². The summed E-state index contributed by atoms with van der Waals surface area (Å²) in [5.41, 5.74) is 0. The van der Waals surface area contributed by atoms with E-state index in [1.165, 1.54) is 11.8 Å². The molecule has 1 aromatic rings. The number of carboxylic acid groups (broad SMARTS) is 1. The Morgan fingerprint density at radius 3 is 2.92 bits per heavy atom. The van der Waals surface area contributed by atoms with E-state index in [9.17, 15) is 4.79 Å². The van der Waals surface area contributed by atoms with Gasteiger partial charge in [0.05, 0.1) is 0 Å². The van der Waals surface area contributed by atoms with Crippen molar-refractivity contribution in [1.29, 1.82) is 0 Å². The number of hydrogen-bond donors (Lipinski definition) is 1. The normalized spacial score (nSPS) is 12.8. The predicted molar refractivity (Wildman–Crippen MR) is 46.2 cm³/mol. The summed E-state index contributed by atoms with van der Waals surface area (Å²) in [6.45, 7) is 1.64. The van der Waals surface area contributed by atoms with E-state index in [2.05, 4.69) is 4.98 Å². The van der Waals surface area contributed by atoms with E-state index in [1.807, 2.05) is 7.05 Å². The van der Waals surface area contributed by atoms with Crippen LogP contribution in [0.4, 0.5) is 0 Å². The summed E-state index contributed by atoms with van der Waals surface area (Å²) < 4.78 is 1.80. The van der Waals surface area contributed by atoms with Gasteiger partial charge in [-0.15, -0.1) is 0 Å². The molecule has 1 aromatic heterocycles. The molecule has 0 bridgehead atoms. The van der Waals surface area contributed by atoms with Crippen LogP contribution in [0.25, 0.3) is 0 Å². The summed E-state index contributed by atoms with van der Waals surface area (Å²) in [5.74, 6) is -0.817. The highest BCUT2D eigenvalue weighted by Gasteiger charge is 2.14. The third kappa shape index (κ3) is 2.01. The fraction of sp³-hybridized carbons (Fsp3) is 0.429. The van der Waals surface area contributed by atoms with E-state index in [0.29, 0.717) is 0 Å². The fourth-order valence-electron chi connectivity index (χ4n) is 0.674. The summed E-state index contributed by atoms with van der Waals surface area (Å²) in [7, 11) is 1.84. The van der Waals surface area contributed by atoms with Crippen LogP contribution < -0.4 is 0 Å². The van der Waals surface area contributed by atoms with Gasteiger partial charge in [-0.1, -0.05) is 11.8 Å². The van der Waals surface area contributed by atoms with Crippen LogP contribution in [0, 0.1) is 0 Å². The standard InChI is InChI=1S/C7H10N2O2S/c1-5(6(10)11)12-7-8-3-4-9(7)2/h3-5H,1-2H3,(H,10,11). The van der Waals surface area contributed by atoms with Crippen LogP contribution >= 0.6 is 11.8 Å². The molecule has 0 aliphatic carbocycles. The number of aromatic nitrogens is 2. The van der Waals surface area contributed by atoms with Gasteiger partial charge in [0.15, 0.2) is 5.16 Å². The Hall–Kier alpha value is -0.970. The highest BCUT2D eigenvalue weighted by Crippen LogP contribution is 2.20. The maximum atomic E-state index is 10.5. The number of imidazole rings is 1. The lowest BCUT2D eigenvalue weighted by Crippen LogP contribution is -2.12. The summed E-state index contributed by atoms with van der Waals surface area (Å²) in [5, 5.41) is 8.89. The van der Waals surface area contributed by atoms with E-state index in [1.54, 1.807) is 23.9 Å². The number of thioether (sulfide) groups is 1. The van der Waals surface area contributed by atoms with Gasteiger partial charge in [-0.3, -0.25) is 4.79 Å². The Balaban J connectivity index is 2.64. The molecule has 1 N–H and O–H groups in total. The van der Waals surface area contributed by atoms with Gasteiger partial charge in [-0.25, -0.2) is 4.98 Å². The van der Waals surface area contributed by atoms with Gasteiger partial charge in [-0.05, 0) is 6.92 Å². The number of aliphatic carboxylic acids is 1. The van der Waals surface area contributed by atoms with Crippen molar-refractivity contribution < 1.29 is 9.90 Å². The molecule has 0 fully saturated rings. The summed E-state index contributed by atoms with van der Waals surface area (Å²) in [4.78, 5) is 14.5. The molecule has 0 aliphatic heterocycles. The number of aryl methyl sites for hydroxylation is 1. The molecule has 0 radical (unpaired) electrons. The van der Waals surface area contributed by atoms with Crippen molar-refractivity contribution in [3.05, 3.63) is 12.4 Å². The van der Waals surface area contributed by atoms with Gasteiger partial charge in [0, 0.05) is 19.4 Å². The lowest BCUT2D eigenvalue weighted by Gasteiger charge is -2.04. The third-order valence-electron chi connectivity index (χ3n) is 1.41. The van der Waals surface area contributed by atoms with Crippen LogP contribution in [-0.2, 0) is 11.8 Å². The summed E-state index contributed by atoms with van der Waals surface area (Å²) in [6, 6.07) is 0. The van der Waals surface area contributed by atoms with Crippen molar-refractivity contribution in [3.8, 4) is 0 Å². The highest BCUT2D eigenvalue weighted by molar-refractivity contribution is 8.00. The minimum absolute atomic E-state index is 0.453. The second-order valence-corrected chi connectivity index (χ2v) is 3.73. The van der Waals surface area contributed by atoms with Crippen LogP contribution in [-0.4, -0.2) is 25.9 Å². The number of carbonyl (C=O) groups is 1. The predicted octanol–water partition coefficient (Wildman–Crippen LogP) is 0.985. The summed E-state index contributed by atoms with van der Waals surface area (Å²) in [6.07, 6.45) is 3.44. The second kappa shape index (κ2) is 3.62. The average molecular weight is 186 g/mol. The Labute approximate surface area is 74.6 Å². The van der Waals surface area contributed by atoms with Crippen molar-refractivity contribution in [2.45, 2.75) is 17.3 Å². The van der Waals surface area contributed by atoms with Crippen LogP contribution in [0.15, 0.2) is 17.6 Å². The Morgan fingerprint density at radius 1 is 1.83 bits per heavy atom. The lowest BCUT2D eigenvalue weighted by molar-refractivity contribution is -0.136. The van der Waals surface area contributed by atoms with E-state index >= 15 is 0 Å². The minimum Gasteiger partial charge on any atom is -0.480 e. The largest absolute Gasteiger partial charge is 0.480 e. The zero-order valence-corrected chi connectivity index (χ0v) is 7.71. The molecule has 12 heavy (non-hydrogen) atoms. The van der Waals surface area contributed by atoms with E-state index < -0.39 is 11.2 Å². The highest BCUT2D eigenvalue weighted by atomic mass is 32.2. The van der Waals surface area contributed by atoms with Crippen LogP contribution in [0.1, 0.15) is 6.92 Å². The topological polar surface area (TPSA) is 55.1 Å². The van der Waals surface area contributed by atoms with Gasteiger partial charge in [0.1, 0.15) is 5.25 Å². The molecule has 5 heteroatoms. The zero-order chi connectivity index (χ0) is 9.14. The maximum Gasteiger partial charge on any atom is 0.316 e. The molecule has 1 unspecified atom stereocenters. The van der Waals surface area contributed by atoms with Crippen molar-refractivity contribution in [1.82, 2.24) is 9.55 Å². The lowest BCUT2D eigenvalue weighted by atomic mass is 10.5. The maximum absolute atomic E-state index is 10.5. The molecular weight excluding hydrogens is 176 g/mol. The molecule has 1 rings (SSSR count). The van der Waals surface area contributed by atoms with Gasteiger partial charge in [-0.2, -0.15) is 0 Å². The fourth-order valence-corrected chi connectivity index (χ4v) is 1.44. The van der Waals surface area contributed by atoms with Crippen LogP contribution in [0.3, 0.4) is 0 Å². The number of carboxylic acids is 1. The molecule has 0 amide bonds. The molecule has 4 nitrogen and oxygen atoms in total. The Bertz CT molecular complexity index is 285. The van der Waals surface area contributed by atoms with Crippen molar-refractivity contribution in [2.75, 3.05) is 0 Å². The smallest absolute Gasteiger partial charge is 0.316 e. The van der Waals surface area contributed by atoms with E-state index in [4.69, 9.17) is 5.11 Å². The number of hydrogen-bond acceptors (Lipinski definition) is 3. The molecule has 0 aliphatic rings. The molecular formula is C7H10N2O2S. The first-order valence-corrected chi connectivity index (χ1v) is 4.36. The third-order valence-corrected chi connectivity index (χ3v) is 2.57. The average Bonchev–Trinajstić information content (AvgIpc) is 2.36. The van der Waals surface area contributed by atoms with Crippen molar-refractivity contribution in [2.24, 2.45) is 7.05 Å². The van der Waals surface area contributed by atoms with Crippen LogP contribution in [0.5, 0.6) is 0 Å². The van der Waals surface area contributed by atoms with E-state index in [0.717, 1.165) is 5.16 Å². The van der Waals surface area contributed by atoms with Crippen molar-refractivity contribution in [3.63, 3.8) is 0 Å². The molecule has 0 saturated carbocycles. The summed E-state index contributed by atoms with van der Waals surface area (Å²) >= 11 is 1.24. The van der Waals surface area contributed by atoms with Gasteiger partial charge < -0.3 is 9.67 Å². The second-order valence-electron chi connectivity index (χ2n) is 2.42. The SMILES string of the molecule is CC(Sc1nccn1C)C(=O)O. The van der Waals surface area contributed by atoms with Crippen LogP contribution in [0.2, 0.25) is 0 Å². The minimum atomic E-state index is -0.817. The Morgan fingerprint density at radius 2 is 2.50 bits per heavy atom. The first-order chi connectivity index (χ1) is 5.61. The molecule has 1 atom stereocenters.